The van der Waals surface area contributed by atoms with Gasteiger partial charge in [0.1, 0.15) is 0 Å². The van der Waals surface area contributed by atoms with Crippen LogP contribution in [0.15, 0.2) is 30.5 Å². The molecule has 3 heterocycles. The molecule has 0 spiro atoms. The highest BCUT2D eigenvalue weighted by Gasteiger charge is 2.54. The molecule has 0 bridgehead atoms. The lowest BCUT2D eigenvalue weighted by molar-refractivity contribution is 0.0444. The molecule has 0 radical (unpaired) electrons. The molecule has 1 saturated carbocycles. The summed E-state index contributed by atoms with van der Waals surface area (Å²) in [5.74, 6) is 0. The maximum atomic E-state index is 13.3. The van der Waals surface area contributed by atoms with Gasteiger partial charge in [-0.25, -0.2) is 0 Å². The van der Waals surface area contributed by atoms with Crippen LogP contribution in [-0.2, 0) is 16.7 Å². The van der Waals surface area contributed by atoms with E-state index >= 15 is 0 Å². The summed E-state index contributed by atoms with van der Waals surface area (Å²) in [7, 11) is 0. The Kier molecular flexibility index (Phi) is 5.36. The van der Waals surface area contributed by atoms with E-state index in [1.165, 1.54) is 29.7 Å². The van der Waals surface area contributed by atoms with Gasteiger partial charge in [0, 0.05) is 40.9 Å². The second kappa shape index (κ2) is 7.61. The van der Waals surface area contributed by atoms with E-state index < -0.39 is 0 Å². The Bertz CT molecular complexity index is 771. The average molecular weight is 389 g/mol. The first kappa shape index (κ1) is 19.0. The molecule has 0 N–H and O–H groups in total. The van der Waals surface area contributed by atoms with Gasteiger partial charge in [-0.1, -0.05) is 6.07 Å². The molecular formula is C22H29FN2OS. The van der Waals surface area contributed by atoms with Crippen molar-refractivity contribution in [3.05, 3.63) is 51.7 Å². The molecule has 0 aromatic carbocycles. The van der Waals surface area contributed by atoms with Gasteiger partial charge in [-0.05, 0) is 76.3 Å². The molecule has 3 nitrogen and oxygen atoms in total. The minimum Gasteiger partial charge on any atom is -0.381 e. The second-order valence-corrected chi connectivity index (χ2v) is 9.35. The number of aryl methyl sites for hydroxylation is 2. The molecule has 146 valence electrons. The third-order valence-corrected chi connectivity index (χ3v) is 7.29. The largest absolute Gasteiger partial charge is 0.381 e. The standard InChI is InChI=1S/C22H29FN2OS/c1-3-26-16-21(9-8-19-6-7-20(23)27-19)12-13-25(15-21)22(10-11-22)18-5-4-17(2)24-14-18/h4-7,14H,3,8-13,15-16H2,1-2H3/t21-/m0/s1. The van der Waals surface area contributed by atoms with E-state index in [2.05, 4.69) is 35.1 Å². The highest BCUT2D eigenvalue weighted by Crippen LogP contribution is 2.54. The smallest absolute Gasteiger partial charge is 0.176 e. The van der Waals surface area contributed by atoms with Crippen LogP contribution in [0.5, 0.6) is 0 Å². The van der Waals surface area contributed by atoms with Crippen molar-refractivity contribution < 1.29 is 9.13 Å². The topological polar surface area (TPSA) is 25.4 Å². The molecule has 1 atom stereocenters. The van der Waals surface area contributed by atoms with Crippen molar-refractivity contribution in [1.82, 2.24) is 9.88 Å². The zero-order valence-corrected chi connectivity index (χ0v) is 17.2. The van der Waals surface area contributed by atoms with E-state index in [9.17, 15) is 4.39 Å². The quantitative estimate of drug-likeness (QED) is 0.640. The number of rotatable bonds is 8. The molecule has 2 fully saturated rings. The van der Waals surface area contributed by atoms with Gasteiger partial charge in [0.05, 0.1) is 6.61 Å². The molecule has 2 aromatic heterocycles. The number of hydrogen-bond donors (Lipinski definition) is 0. The summed E-state index contributed by atoms with van der Waals surface area (Å²) in [5, 5.41) is -0.0827. The van der Waals surface area contributed by atoms with Crippen molar-refractivity contribution in [3.63, 3.8) is 0 Å². The van der Waals surface area contributed by atoms with Gasteiger partial charge in [-0.15, -0.1) is 11.3 Å². The number of aromatic nitrogens is 1. The van der Waals surface area contributed by atoms with Gasteiger partial charge in [0.25, 0.3) is 0 Å². The zero-order valence-electron chi connectivity index (χ0n) is 16.3. The van der Waals surface area contributed by atoms with Crippen LogP contribution in [0.2, 0.25) is 0 Å². The van der Waals surface area contributed by atoms with Crippen LogP contribution >= 0.6 is 11.3 Å². The van der Waals surface area contributed by atoms with Gasteiger partial charge >= 0.3 is 0 Å². The van der Waals surface area contributed by atoms with Crippen molar-refractivity contribution in [2.24, 2.45) is 5.41 Å². The third-order valence-electron chi connectivity index (χ3n) is 6.36. The van der Waals surface area contributed by atoms with Crippen molar-refractivity contribution >= 4 is 11.3 Å². The summed E-state index contributed by atoms with van der Waals surface area (Å²) in [6.07, 6.45) is 7.67. The number of thiophene rings is 1. The molecule has 5 heteroatoms. The van der Waals surface area contributed by atoms with Crippen molar-refractivity contribution in [2.75, 3.05) is 26.3 Å². The lowest BCUT2D eigenvalue weighted by Gasteiger charge is -2.33. The van der Waals surface area contributed by atoms with E-state index in [1.54, 1.807) is 6.07 Å². The number of pyridine rings is 1. The Labute approximate surface area is 165 Å². The van der Waals surface area contributed by atoms with Crippen LogP contribution in [0.4, 0.5) is 4.39 Å². The van der Waals surface area contributed by atoms with Crippen molar-refractivity contribution in [2.45, 2.75) is 51.5 Å². The number of halogens is 1. The predicted octanol–water partition coefficient (Wildman–Crippen LogP) is 4.94. The first-order chi connectivity index (χ1) is 13.1. The number of ether oxygens (including phenoxy) is 1. The number of nitrogens with zero attached hydrogens (tertiary/aromatic N) is 2. The van der Waals surface area contributed by atoms with Crippen LogP contribution in [-0.4, -0.2) is 36.2 Å². The first-order valence-electron chi connectivity index (χ1n) is 10.1. The minimum absolute atomic E-state index is 0.0827. The van der Waals surface area contributed by atoms with Crippen LogP contribution in [0.25, 0.3) is 0 Å². The Hall–Kier alpha value is -1.30. The monoisotopic (exact) mass is 388 g/mol. The van der Waals surface area contributed by atoms with E-state index in [-0.39, 0.29) is 16.1 Å². The zero-order chi connectivity index (χ0) is 18.9. The van der Waals surface area contributed by atoms with Gasteiger partial charge in [-0.2, -0.15) is 4.39 Å². The highest BCUT2D eigenvalue weighted by atomic mass is 32.1. The molecule has 0 unspecified atom stereocenters. The molecule has 2 aliphatic rings. The summed E-state index contributed by atoms with van der Waals surface area (Å²) >= 11 is 1.28. The van der Waals surface area contributed by atoms with Crippen LogP contribution in [0.3, 0.4) is 0 Å². The molecule has 0 amide bonds. The Balaban J connectivity index is 1.48. The predicted molar refractivity (Wildman–Crippen MR) is 108 cm³/mol. The van der Waals surface area contributed by atoms with Crippen molar-refractivity contribution in [1.29, 1.82) is 0 Å². The molecule has 1 aliphatic heterocycles. The maximum Gasteiger partial charge on any atom is 0.176 e. The minimum atomic E-state index is -0.0827. The Morgan fingerprint density at radius 1 is 1.22 bits per heavy atom. The first-order valence-corrected chi connectivity index (χ1v) is 10.9. The lowest BCUT2D eigenvalue weighted by Crippen LogP contribution is -2.38. The number of likely N-dealkylation sites (tertiary alicyclic amines) is 1. The third kappa shape index (κ3) is 3.96. The highest BCUT2D eigenvalue weighted by molar-refractivity contribution is 7.10. The van der Waals surface area contributed by atoms with E-state index in [0.29, 0.717) is 0 Å². The molecule has 1 aliphatic carbocycles. The van der Waals surface area contributed by atoms with Gasteiger partial charge in [0.2, 0.25) is 0 Å². The van der Waals surface area contributed by atoms with E-state index in [1.807, 2.05) is 13.0 Å². The molecule has 4 rings (SSSR count). The summed E-state index contributed by atoms with van der Waals surface area (Å²) in [5.41, 5.74) is 2.79. The summed E-state index contributed by atoms with van der Waals surface area (Å²) in [6, 6.07) is 7.90. The lowest BCUT2D eigenvalue weighted by atomic mass is 9.83. The van der Waals surface area contributed by atoms with Crippen LogP contribution < -0.4 is 0 Å². The summed E-state index contributed by atoms with van der Waals surface area (Å²) < 4.78 is 19.3. The maximum absolute atomic E-state index is 13.3. The normalized spacial score (nSPS) is 24.4. The number of hydrogen-bond acceptors (Lipinski definition) is 4. The Morgan fingerprint density at radius 3 is 2.70 bits per heavy atom. The molecule has 2 aromatic rings. The SMILES string of the molecule is CCOC[C@@]1(CCc2ccc(F)s2)CCN(C2(c3ccc(C)nc3)CC2)C1. The van der Waals surface area contributed by atoms with E-state index in [0.717, 1.165) is 56.1 Å². The van der Waals surface area contributed by atoms with Gasteiger partial charge in [-0.3, -0.25) is 9.88 Å². The van der Waals surface area contributed by atoms with Crippen LogP contribution in [0, 0.1) is 17.5 Å². The fourth-order valence-corrected chi connectivity index (χ4v) is 5.26. The van der Waals surface area contributed by atoms with E-state index in [4.69, 9.17) is 4.74 Å². The summed E-state index contributed by atoms with van der Waals surface area (Å²) in [4.78, 5) is 8.35. The molecular weight excluding hydrogens is 359 g/mol. The molecule has 1 saturated heterocycles. The molecule has 27 heavy (non-hydrogen) atoms. The fraction of sp³-hybridized carbons (Fsp3) is 0.591. The van der Waals surface area contributed by atoms with Gasteiger partial charge < -0.3 is 4.74 Å². The average Bonchev–Trinajstić information content (AvgIpc) is 3.19. The van der Waals surface area contributed by atoms with Crippen molar-refractivity contribution in [3.8, 4) is 0 Å². The van der Waals surface area contributed by atoms with Crippen LogP contribution in [0.1, 0.15) is 48.7 Å². The fourth-order valence-electron chi connectivity index (χ4n) is 4.54. The second-order valence-electron chi connectivity index (χ2n) is 8.23. The Morgan fingerprint density at radius 2 is 2.07 bits per heavy atom. The summed E-state index contributed by atoms with van der Waals surface area (Å²) in [6.45, 7) is 7.84. The van der Waals surface area contributed by atoms with Gasteiger partial charge in [0.15, 0.2) is 5.13 Å².